The van der Waals surface area contributed by atoms with Crippen molar-refractivity contribution in [1.82, 2.24) is 9.80 Å². The van der Waals surface area contributed by atoms with E-state index in [-0.39, 0.29) is 0 Å². The Morgan fingerprint density at radius 1 is 1.00 bits per heavy atom. The Morgan fingerprint density at radius 3 is 2.24 bits per heavy atom. The van der Waals surface area contributed by atoms with E-state index in [1.165, 1.54) is 56.9 Å². The normalized spacial score (nSPS) is 22.3. The molecular weight excluding hydrogens is 308 g/mol. The lowest BCUT2D eigenvalue weighted by Crippen LogP contribution is -2.48. The van der Waals surface area contributed by atoms with Crippen molar-refractivity contribution >= 4 is 5.91 Å². The molecule has 3 heteroatoms. The second-order valence-electron chi connectivity index (χ2n) is 8.44. The second-order valence-corrected chi connectivity index (χ2v) is 8.44. The van der Waals surface area contributed by atoms with Crippen molar-refractivity contribution in [3.63, 3.8) is 0 Å². The number of hydrogen-bond acceptors (Lipinski definition) is 2. The van der Waals surface area contributed by atoms with Crippen molar-refractivity contribution in [3.8, 4) is 0 Å². The number of carbonyl (C=O) groups excluding carboxylic acids is 1. The van der Waals surface area contributed by atoms with Gasteiger partial charge in [-0.3, -0.25) is 9.69 Å². The third-order valence-corrected chi connectivity index (χ3v) is 6.39. The highest BCUT2D eigenvalue weighted by atomic mass is 16.2. The number of hydrogen-bond donors (Lipinski definition) is 0. The lowest BCUT2D eigenvalue weighted by atomic mass is 10.1. The Bertz CT molecular complexity index is 573. The quantitative estimate of drug-likeness (QED) is 0.707. The van der Waals surface area contributed by atoms with Crippen molar-refractivity contribution in [1.29, 1.82) is 0 Å². The molecule has 1 amide bonds. The zero-order valence-electron chi connectivity index (χ0n) is 15.6. The van der Waals surface area contributed by atoms with Gasteiger partial charge in [-0.05, 0) is 56.9 Å². The molecule has 1 atom stereocenters. The summed E-state index contributed by atoms with van der Waals surface area (Å²) in [5.41, 5.74) is 1.32. The first-order valence-corrected chi connectivity index (χ1v) is 10.3. The van der Waals surface area contributed by atoms with Gasteiger partial charge in [0.05, 0.1) is 6.54 Å². The van der Waals surface area contributed by atoms with Gasteiger partial charge in [0.1, 0.15) is 0 Å². The van der Waals surface area contributed by atoms with Crippen molar-refractivity contribution in [2.24, 2.45) is 5.92 Å². The average molecular weight is 341 g/mol. The summed E-state index contributed by atoms with van der Waals surface area (Å²) in [6.07, 6.45) is 10.1. The van der Waals surface area contributed by atoms with Crippen LogP contribution < -0.4 is 0 Å². The molecule has 0 heterocycles. The van der Waals surface area contributed by atoms with Crippen LogP contribution in [-0.2, 0) is 11.3 Å². The molecule has 4 rings (SSSR count). The summed E-state index contributed by atoms with van der Waals surface area (Å²) >= 11 is 0. The maximum atomic E-state index is 13.2. The molecule has 0 aromatic heterocycles. The smallest absolute Gasteiger partial charge is 0.237 e. The van der Waals surface area contributed by atoms with Gasteiger partial charge < -0.3 is 4.90 Å². The fourth-order valence-corrected chi connectivity index (χ4v) is 4.53. The molecule has 136 valence electrons. The predicted molar refractivity (Wildman–Crippen MR) is 101 cm³/mol. The molecule has 3 saturated carbocycles. The first-order valence-electron chi connectivity index (χ1n) is 10.3. The van der Waals surface area contributed by atoms with Crippen molar-refractivity contribution in [2.75, 3.05) is 6.54 Å². The van der Waals surface area contributed by atoms with Gasteiger partial charge in [0.25, 0.3) is 0 Å². The van der Waals surface area contributed by atoms with E-state index in [9.17, 15) is 4.79 Å². The number of amides is 1. The summed E-state index contributed by atoms with van der Waals surface area (Å²) in [7, 11) is 0. The molecule has 1 unspecified atom stereocenters. The molecule has 3 aliphatic rings. The SMILES string of the molecule is CC(C1CC1)N(CC(=O)N(C1CCCC1)C1CC1)Cc1ccccc1. The minimum Gasteiger partial charge on any atom is -0.336 e. The third-order valence-electron chi connectivity index (χ3n) is 6.39. The van der Waals surface area contributed by atoms with Crippen LogP contribution in [-0.4, -0.2) is 40.4 Å². The number of carbonyl (C=O) groups is 1. The average Bonchev–Trinajstić information content (AvgIpc) is 3.54. The molecule has 0 spiro atoms. The van der Waals surface area contributed by atoms with Gasteiger partial charge in [-0.25, -0.2) is 0 Å². The number of nitrogens with zero attached hydrogens (tertiary/aromatic N) is 2. The van der Waals surface area contributed by atoms with E-state index in [0.717, 1.165) is 12.5 Å². The predicted octanol–water partition coefficient (Wildman–Crippen LogP) is 4.22. The van der Waals surface area contributed by atoms with Crippen LogP contribution in [0.5, 0.6) is 0 Å². The fraction of sp³-hybridized carbons (Fsp3) is 0.682. The molecule has 0 aliphatic heterocycles. The van der Waals surface area contributed by atoms with Crippen LogP contribution in [0.4, 0.5) is 0 Å². The lowest BCUT2D eigenvalue weighted by Gasteiger charge is -2.34. The van der Waals surface area contributed by atoms with Gasteiger partial charge in [0.15, 0.2) is 0 Å². The molecule has 25 heavy (non-hydrogen) atoms. The van der Waals surface area contributed by atoms with E-state index >= 15 is 0 Å². The molecule has 1 aromatic rings. The number of rotatable bonds is 8. The molecule has 0 N–H and O–H groups in total. The van der Waals surface area contributed by atoms with Gasteiger partial charge >= 0.3 is 0 Å². The summed E-state index contributed by atoms with van der Waals surface area (Å²) in [5.74, 6) is 1.18. The summed E-state index contributed by atoms with van der Waals surface area (Å²) < 4.78 is 0. The van der Waals surface area contributed by atoms with Crippen LogP contribution in [0.2, 0.25) is 0 Å². The molecule has 1 aromatic carbocycles. The Hall–Kier alpha value is -1.35. The van der Waals surface area contributed by atoms with Crippen LogP contribution >= 0.6 is 0 Å². The highest BCUT2D eigenvalue weighted by Gasteiger charge is 2.40. The summed E-state index contributed by atoms with van der Waals surface area (Å²) in [6, 6.07) is 12.2. The number of benzene rings is 1. The van der Waals surface area contributed by atoms with Gasteiger partial charge in [-0.2, -0.15) is 0 Å². The molecule has 3 fully saturated rings. The third kappa shape index (κ3) is 4.25. The first-order chi connectivity index (χ1) is 12.2. The van der Waals surface area contributed by atoms with Crippen molar-refractivity contribution in [2.45, 2.75) is 83.0 Å². The van der Waals surface area contributed by atoms with Gasteiger partial charge in [0.2, 0.25) is 5.91 Å². The van der Waals surface area contributed by atoms with Crippen LogP contribution in [0, 0.1) is 5.92 Å². The largest absolute Gasteiger partial charge is 0.336 e. The Morgan fingerprint density at radius 2 is 1.64 bits per heavy atom. The topological polar surface area (TPSA) is 23.6 Å². The second kappa shape index (κ2) is 7.49. The molecular formula is C22H32N2O. The fourth-order valence-electron chi connectivity index (χ4n) is 4.53. The van der Waals surface area contributed by atoms with Gasteiger partial charge in [0, 0.05) is 24.7 Å². The van der Waals surface area contributed by atoms with Gasteiger partial charge in [-0.15, -0.1) is 0 Å². The molecule has 3 aliphatic carbocycles. The summed E-state index contributed by atoms with van der Waals surface area (Å²) in [4.78, 5) is 18.0. The Kier molecular flexibility index (Phi) is 5.12. The van der Waals surface area contributed by atoms with Crippen LogP contribution in [0.1, 0.15) is 63.9 Å². The van der Waals surface area contributed by atoms with E-state index in [4.69, 9.17) is 0 Å². The maximum Gasteiger partial charge on any atom is 0.237 e. The highest BCUT2D eigenvalue weighted by molar-refractivity contribution is 5.79. The highest BCUT2D eigenvalue weighted by Crippen LogP contribution is 2.37. The Labute approximate surface area is 152 Å². The molecule has 3 nitrogen and oxygen atoms in total. The van der Waals surface area contributed by atoms with E-state index in [1.54, 1.807) is 0 Å². The standard InChI is InChI=1S/C22H32N2O/c1-17(19-11-12-19)23(15-18-7-3-2-4-8-18)16-22(25)24(21-13-14-21)20-9-5-6-10-20/h2-4,7-8,17,19-21H,5-6,9-16H2,1H3. The van der Waals surface area contributed by atoms with E-state index < -0.39 is 0 Å². The van der Waals surface area contributed by atoms with E-state index in [0.29, 0.717) is 30.6 Å². The minimum absolute atomic E-state index is 0.387. The van der Waals surface area contributed by atoms with Crippen LogP contribution in [0.25, 0.3) is 0 Å². The maximum absolute atomic E-state index is 13.2. The summed E-state index contributed by atoms with van der Waals surface area (Å²) in [6.45, 7) is 3.82. The lowest BCUT2D eigenvalue weighted by molar-refractivity contribution is -0.136. The zero-order chi connectivity index (χ0) is 17.2. The van der Waals surface area contributed by atoms with Crippen LogP contribution in [0.15, 0.2) is 30.3 Å². The van der Waals surface area contributed by atoms with Crippen LogP contribution in [0.3, 0.4) is 0 Å². The van der Waals surface area contributed by atoms with E-state index in [2.05, 4.69) is 47.1 Å². The zero-order valence-corrected chi connectivity index (χ0v) is 15.6. The first kappa shape index (κ1) is 17.1. The molecule has 0 saturated heterocycles. The minimum atomic E-state index is 0.387. The monoisotopic (exact) mass is 340 g/mol. The van der Waals surface area contributed by atoms with Crippen molar-refractivity contribution in [3.05, 3.63) is 35.9 Å². The summed E-state index contributed by atoms with van der Waals surface area (Å²) in [5, 5.41) is 0. The van der Waals surface area contributed by atoms with Gasteiger partial charge in [-0.1, -0.05) is 43.2 Å². The molecule has 0 radical (unpaired) electrons. The Balaban J connectivity index is 1.45. The molecule has 0 bridgehead atoms. The van der Waals surface area contributed by atoms with E-state index in [1.807, 2.05) is 0 Å². The van der Waals surface area contributed by atoms with Crippen molar-refractivity contribution < 1.29 is 4.79 Å².